The first kappa shape index (κ1) is 16.6. The van der Waals surface area contributed by atoms with E-state index in [2.05, 4.69) is 28.1 Å². The zero-order chi connectivity index (χ0) is 17.9. The fourth-order valence-corrected chi connectivity index (χ4v) is 3.70. The van der Waals surface area contributed by atoms with Crippen LogP contribution in [0.1, 0.15) is 18.4 Å². The minimum Gasteiger partial charge on any atom is -0.497 e. The van der Waals surface area contributed by atoms with Gasteiger partial charge in [-0.15, -0.1) is 0 Å². The summed E-state index contributed by atoms with van der Waals surface area (Å²) < 4.78 is 5.33. The van der Waals surface area contributed by atoms with Crippen molar-refractivity contribution in [3.05, 3.63) is 54.1 Å². The molecule has 0 unspecified atom stereocenters. The summed E-state index contributed by atoms with van der Waals surface area (Å²) >= 11 is 0. The van der Waals surface area contributed by atoms with E-state index in [0.717, 1.165) is 55.0 Å². The van der Waals surface area contributed by atoms with Crippen molar-refractivity contribution in [3.8, 4) is 5.75 Å². The largest absolute Gasteiger partial charge is 0.497 e. The highest BCUT2D eigenvalue weighted by molar-refractivity contribution is 5.88. The Labute approximate surface area is 153 Å². The molecule has 2 aromatic carbocycles. The molecule has 2 N–H and O–H groups in total. The first-order valence-electron chi connectivity index (χ1n) is 9.13. The molecule has 0 atom stereocenters. The molecule has 26 heavy (non-hydrogen) atoms. The molecular weight excluding hydrogens is 324 g/mol. The molecule has 134 valence electrons. The zero-order valence-electron chi connectivity index (χ0n) is 15.1. The molecule has 0 bridgehead atoms. The number of rotatable bonds is 4. The second-order valence-corrected chi connectivity index (χ2v) is 6.91. The van der Waals surface area contributed by atoms with Gasteiger partial charge in [0, 0.05) is 18.5 Å². The van der Waals surface area contributed by atoms with E-state index in [9.17, 15) is 0 Å². The van der Waals surface area contributed by atoms with Crippen LogP contribution in [0.15, 0.2) is 48.5 Å². The number of aromatic nitrogens is 2. The van der Waals surface area contributed by atoms with Gasteiger partial charge in [-0.3, -0.25) is 0 Å². The number of nitrogens with zero attached hydrogens (tertiary/aromatic N) is 3. The molecular formula is C21H24N4O. The van der Waals surface area contributed by atoms with E-state index in [1.165, 1.54) is 5.56 Å². The molecule has 2 heterocycles. The smallest absolute Gasteiger partial charge is 0.227 e. The lowest BCUT2D eigenvalue weighted by Gasteiger charge is -2.32. The molecule has 1 aromatic heterocycles. The van der Waals surface area contributed by atoms with Crippen LogP contribution in [-0.4, -0.2) is 30.2 Å². The summed E-state index contributed by atoms with van der Waals surface area (Å²) in [5.41, 5.74) is 8.38. The quantitative estimate of drug-likeness (QED) is 0.779. The zero-order valence-corrected chi connectivity index (χ0v) is 15.1. The minimum absolute atomic E-state index is 0.559. The highest BCUT2D eigenvalue weighted by Crippen LogP contribution is 2.27. The van der Waals surface area contributed by atoms with Crippen LogP contribution < -0.4 is 15.4 Å². The lowest BCUT2D eigenvalue weighted by Crippen LogP contribution is -2.35. The summed E-state index contributed by atoms with van der Waals surface area (Å²) in [7, 11) is 1.72. The van der Waals surface area contributed by atoms with E-state index in [1.807, 2.05) is 30.3 Å². The molecule has 3 aromatic rings. The maximum absolute atomic E-state index is 6.13. The molecule has 5 heteroatoms. The molecule has 0 aliphatic carbocycles. The Morgan fingerprint density at radius 2 is 1.88 bits per heavy atom. The monoisotopic (exact) mass is 348 g/mol. The van der Waals surface area contributed by atoms with Gasteiger partial charge in [0.2, 0.25) is 5.95 Å². The van der Waals surface area contributed by atoms with Crippen LogP contribution in [0, 0.1) is 5.92 Å². The van der Waals surface area contributed by atoms with E-state index in [0.29, 0.717) is 11.7 Å². The minimum atomic E-state index is 0.559. The fraction of sp³-hybridized carbons (Fsp3) is 0.333. The van der Waals surface area contributed by atoms with Gasteiger partial charge in [-0.1, -0.05) is 24.3 Å². The van der Waals surface area contributed by atoms with Gasteiger partial charge in [0.1, 0.15) is 11.6 Å². The Hall–Kier alpha value is -2.82. The fourth-order valence-electron chi connectivity index (χ4n) is 3.70. The first-order valence-corrected chi connectivity index (χ1v) is 9.13. The van der Waals surface area contributed by atoms with Gasteiger partial charge in [-0.25, -0.2) is 4.98 Å². The molecule has 1 aliphatic rings. The van der Waals surface area contributed by atoms with Gasteiger partial charge in [-0.05, 0) is 55.0 Å². The van der Waals surface area contributed by atoms with E-state index >= 15 is 0 Å². The lowest BCUT2D eigenvalue weighted by molar-refractivity contribution is 0.396. The summed E-state index contributed by atoms with van der Waals surface area (Å²) in [6, 6.07) is 16.3. The topological polar surface area (TPSA) is 64.3 Å². The average Bonchev–Trinajstić information content (AvgIpc) is 2.69. The third kappa shape index (κ3) is 3.43. The van der Waals surface area contributed by atoms with Gasteiger partial charge >= 0.3 is 0 Å². The average molecular weight is 348 g/mol. The van der Waals surface area contributed by atoms with Gasteiger partial charge in [0.05, 0.1) is 12.6 Å². The van der Waals surface area contributed by atoms with E-state index in [1.54, 1.807) is 7.11 Å². The van der Waals surface area contributed by atoms with E-state index < -0.39 is 0 Å². The molecule has 1 saturated heterocycles. The second kappa shape index (κ2) is 7.20. The SMILES string of the molecule is COc1cccc(CC2CCN(c3nc(N)c4ccccc4n3)CC2)c1. The number of benzene rings is 2. The van der Waals surface area contributed by atoms with Crippen molar-refractivity contribution in [3.63, 3.8) is 0 Å². The standard InChI is InChI=1S/C21H24N4O/c1-26-17-6-4-5-16(14-17)13-15-9-11-25(12-10-15)21-23-19-8-3-2-7-18(19)20(22)24-21/h2-8,14-15H,9-13H2,1H3,(H2,22,23,24). The molecule has 1 aliphatic heterocycles. The molecule has 0 radical (unpaired) electrons. The normalized spacial score (nSPS) is 15.3. The van der Waals surface area contributed by atoms with Crippen LogP contribution in [0.2, 0.25) is 0 Å². The van der Waals surface area contributed by atoms with Crippen molar-refractivity contribution in [1.29, 1.82) is 0 Å². The molecule has 1 fully saturated rings. The van der Waals surface area contributed by atoms with Crippen molar-refractivity contribution < 1.29 is 4.74 Å². The molecule has 5 nitrogen and oxygen atoms in total. The van der Waals surface area contributed by atoms with Crippen LogP contribution in [0.4, 0.5) is 11.8 Å². The van der Waals surface area contributed by atoms with Gasteiger partial charge < -0.3 is 15.4 Å². The molecule has 0 spiro atoms. The summed E-state index contributed by atoms with van der Waals surface area (Å²) in [4.78, 5) is 11.5. The number of methoxy groups -OCH3 is 1. The highest BCUT2D eigenvalue weighted by Gasteiger charge is 2.22. The number of nitrogens with two attached hydrogens (primary N) is 1. The van der Waals surface area contributed by atoms with Gasteiger partial charge in [0.15, 0.2) is 0 Å². The number of fused-ring (bicyclic) bond motifs is 1. The Morgan fingerprint density at radius 1 is 1.08 bits per heavy atom. The second-order valence-electron chi connectivity index (χ2n) is 6.91. The highest BCUT2D eigenvalue weighted by atomic mass is 16.5. The maximum Gasteiger partial charge on any atom is 0.227 e. The molecule has 0 amide bonds. The Bertz CT molecular complexity index is 903. The summed E-state index contributed by atoms with van der Waals surface area (Å²) in [6.45, 7) is 1.93. The van der Waals surface area contributed by atoms with Crippen molar-refractivity contribution in [1.82, 2.24) is 9.97 Å². The van der Waals surface area contributed by atoms with Gasteiger partial charge in [0.25, 0.3) is 0 Å². The molecule has 4 rings (SSSR count). The van der Waals surface area contributed by atoms with Crippen LogP contribution in [-0.2, 0) is 6.42 Å². The number of hydrogen-bond donors (Lipinski definition) is 1. The lowest BCUT2D eigenvalue weighted by atomic mass is 9.90. The van der Waals surface area contributed by atoms with Crippen molar-refractivity contribution >= 4 is 22.7 Å². The predicted octanol–water partition coefficient (Wildman–Crippen LogP) is 3.68. The number of anilines is 2. The first-order chi connectivity index (χ1) is 12.7. The Morgan fingerprint density at radius 3 is 2.69 bits per heavy atom. The number of nitrogen functional groups attached to an aromatic ring is 1. The Kier molecular flexibility index (Phi) is 4.61. The van der Waals surface area contributed by atoms with E-state index in [4.69, 9.17) is 15.5 Å². The third-order valence-corrected chi connectivity index (χ3v) is 5.18. The summed E-state index contributed by atoms with van der Waals surface area (Å²) in [5.74, 6) is 2.92. The summed E-state index contributed by atoms with van der Waals surface area (Å²) in [6.07, 6.45) is 3.35. The number of ether oxygens (including phenoxy) is 1. The van der Waals surface area contributed by atoms with Crippen LogP contribution in [0.3, 0.4) is 0 Å². The van der Waals surface area contributed by atoms with Gasteiger partial charge in [-0.2, -0.15) is 4.98 Å². The third-order valence-electron chi connectivity index (χ3n) is 5.18. The van der Waals surface area contributed by atoms with Crippen LogP contribution >= 0.6 is 0 Å². The van der Waals surface area contributed by atoms with E-state index in [-0.39, 0.29) is 0 Å². The van der Waals surface area contributed by atoms with Crippen LogP contribution in [0.5, 0.6) is 5.75 Å². The molecule has 0 saturated carbocycles. The van der Waals surface area contributed by atoms with Crippen molar-refractivity contribution in [2.24, 2.45) is 5.92 Å². The maximum atomic E-state index is 6.13. The number of para-hydroxylation sites is 1. The van der Waals surface area contributed by atoms with Crippen LogP contribution in [0.25, 0.3) is 10.9 Å². The number of piperidine rings is 1. The Balaban J connectivity index is 1.43. The predicted molar refractivity (Wildman–Crippen MR) is 106 cm³/mol. The van der Waals surface area contributed by atoms with Crippen molar-refractivity contribution in [2.75, 3.05) is 30.8 Å². The summed E-state index contributed by atoms with van der Waals surface area (Å²) in [5, 5.41) is 0.921. The van der Waals surface area contributed by atoms with Crippen molar-refractivity contribution in [2.45, 2.75) is 19.3 Å². The number of hydrogen-bond acceptors (Lipinski definition) is 5.